The fourth-order valence-corrected chi connectivity index (χ4v) is 5.34. The van der Waals surface area contributed by atoms with Crippen LogP contribution in [0, 0.1) is 12.8 Å². The van der Waals surface area contributed by atoms with Crippen molar-refractivity contribution in [2.45, 2.75) is 49.3 Å². The number of hydrogen-bond donors (Lipinski definition) is 3. The minimum atomic E-state index is -3.78. The molecule has 0 aromatic carbocycles. The van der Waals surface area contributed by atoms with Crippen molar-refractivity contribution in [3.05, 3.63) is 15.4 Å². The quantitative estimate of drug-likeness (QED) is 0.769. The molecule has 1 saturated carbocycles. The maximum Gasteiger partial charge on any atom is 0.305 e. The number of hydrogen-bond acceptors (Lipinski definition) is 5. The number of sulfonamides is 1. The van der Waals surface area contributed by atoms with Gasteiger partial charge in [-0.1, -0.05) is 18.3 Å². The highest BCUT2D eigenvalue weighted by atomic mass is 32.2. The average molecular weight is 320 g/mol. The molecule has 2 rings (SSSR count). The van der Waals surface area contributed by atoms with Crippen LogP contribution in [0.2, 0.25) is 0 Å². The molecule has 0 amide bonds. The number of aliphatic hydroxyl groups excluding tert-OH is 1. The Bertz CT molecular complexity index is 624. The summed E-state index contributed by atoms with van der Waals surface area (Å²) in [5.41, 5.74) is -0.463. The third-order valence-corrected chi connectivity index (χ3v) is 7.09. The number of aryl methyl sites for hydroxylation is 1. The van der Waals surface area contributed by atoms with Gasteiger partial charge in [-0.2, -0.15) is 0 Å². The predicted molar refractivity (Wildman–Crippen MR) is 77.4 cm³/mol. The largest absolute Gasteiger partial charge is 0.394 e. The van der Waals surface area contributed by atoms with Crippen LogP contribution in [0.5, 0.6) is 0 Å². The van der Waals surface area contributed by atoms with E-state index in [9.17, 15) is 18.3 Å². The molecular formula is C12H20N2O4S2. The Kier molecular flexibility index (Phi) is 4.38. The van der Waals surface area contributed by atoms with Crippen molar-refractivity contribution in [2.24, 2.45) is 5.92 Å². The molecule has 20 heavy (non-hydrogen) atoms. The van der Waals surface area contributed by atoms with E-state index in [1.54, 1.807) is 6.92 Å². The second kappa shape index (κ2) is 5.59. The SMILES string of the molecule is Cc1[nH]c(=O)sc1S(=O)(=O)NC1(CO)CCC(C)CC1. The molecule has 114 valence electrons. The number of nitrogens with one attached hydrogen (secondary N) is 2. The molecule has 1 heterocycles. The van der Waals surface area contributed by atoms with Gasteiger partial charge in [-0.3, -0.25) is 4.79 Å². The lowest BCUT2D eigenvalue weighted by molar-refractivity contribution is 0.125. The van der Waals surface area contributed by atoms with Gasteiger partial charge in [-0.15, -0.1) is 0 Å². The Hall–Kier alpha value is -0.700. The van der Waals surface area contributed by atoms with E-state index in [0.717, 1.165) is 12.8 Å². The molecule has 3 N–H and O–H groups in total. The van der Waals surface area contributed by atoms with Gasteiger partial charge in [0.1, 0.15) is 0 Å². The first-order valence-electron chi connectivity index (χ1n) is 6.62. The number of aromatic nitrogens is 1. The van der Waals surface area contributed by atoms with Gasteiger partial charge in [0, 0.05) is 5.69 Å². The average Bonchev–Trinajstić information content (AvgIpc) is 2.72. The van der Waals surface area contributed by atoms with E-state index in [1.807, 2.05) is 0 Å². The summed E-state index contributed by atoms with van der Waals surface area (Å²) in [4.78, 5) is 13.3. The number of H-pyrrole nitrogens is 1. The first-order chi connectivity index (χ1) is 9.28. The molecular weight excluding hydrogens is 300 g/mol. The fraction of sp³-hybridized carbons (Fsp3) is 0.750. The van der Waals surface area contributed by atoms with Crippen LogP contribution in [-0.4, -0.2) is 30.7 Å². The van der Waals surface area contributed by atoms with Crippen molar-refractivity contribution in [1.29, 1.82) is 0 Å². The monoisotopic (exact) mass is 320 g/mol. The van der Waals surface area contributed by atoms with Gasteiger partial charge < -0.3 is 10.1 Å². The summed E-state index contributed by atoms with van der Waals surface area (Å²) in [5.74, 6) is 0.546. The summed E-state index contributed by atoms with van der Waals surface area (Å²) in [6.45, 7) is 3.45. The van der Waals surface area contributed by atoms with Gasteiger partial charge in [0.2, 0.25) is 0 Å². The maximum atomic E-state index is 12.4. The Morgan fingerprint density at radius 2 is 2.05 bits per heavy atom. The lowest BCUT2D eigenvalue weighted by atomic mass is 9.78. The molecule has 1 aliphatic carbocycles. The molecule has 0 spiro atoms. The molecule has 0 saturated heterocycles. The minimum absolute atomic E-state index is 0.00828. The van der Waals surface area contributed by atoms with Crippen LogP contribution < -0.4 is 9.60 Å². The summed E-state index contributed by atoms with van der Waals surface area (Å²) in [7, 11) is -3.78. The maximum absolute atomic E-state index is 12.4. The normalized spacial score (nSPS) is 27.6. The second-order valence-corrected chi connectivity index (χ2v) is 8.51. The molecule has 0 unspecified atom stereocenters. The first-order valence-corrected chi connectivity index (χ1v) is 8.92. The highest BCUT2D eigenvalue weighted by molar-refractivity contribution is 7.91. The zero-order chi connectivity index (χ0) is 15.0. The first kappa shape index (κ1) is 15.7. The summed E-state index contributed by atoms with van der Waals surface area (Å²) in [6, 6.07) is 0. The molecule has 0 bridgehead atoms. The van der Waals surface area contributed by atoms with Gasteiger partial charge in [0.15, 0.2) is 4.21 Å². The smallest absolute Gasteiger partial charge is 0.305 e. The molecule has 6 nitrogen and oxygen atoms in total. The number of aromatic amines is 1. The van der Waals surface area contributed by atoms with E-state index in [1.165, 1.54) is 0 Å². The van der Waals surface area contributed by atoms with E-state index in [0.29, 0.717) is 35.8 Å². The highest BCUT2D eigenvalue weighted by Gasteiger charge is 2.38. The van der Waals surface area contributed by atoms with Crippen molar-refractivity contribution < 1.29 is 13.5 Å². The third kappa shape index (κ3) is 3.13. The molecule has 0 atom stereocenters. The molecule has 1 aliphatic rings. The van der Waals surface area contributed by atoms with Crippen molar-refractivity contribution in [3.63, 3.8) is 0 Å². The topological polar surface area (TPSA) is 99.3 Å². The van der Waals surface area contributed by atoms with Crippen LogP contribution in [0.3, 0.4) is 0 Å². The summed E-state index contributed by atoms with van der Waals surface area (Å²) >= 11 is 0.676. The Morgan fingerprint density at radius 3 is 2.50 bits per heavy atom. The lowest BCUT2D eigenvalue weighted by Gasteiger charge is -2.38. The summed E-state index contributed by atoms with van der Waals surface area (Å²) in [5, 5.41) is 9.62. The molecule has 1 aromatic rings. The fourth-order valence-electron chi connectivity index (χ4n) is 2.59. The van der Waals surface area contributed by atoms with Crippen molar-refractivity contribution >= 4 is 21.4 Å². The zero-order valence-corrected chi connectivity index (χ0v) is 13.2. The number of aliphatic hydroxyl groups is 1. The van der Waals surface area contributed by atoms with Crippen molar-refractivity contribution in [2.75, 3.05) is 6.61 Å². The summed E-state index contributed by atoms with van der Waals surface area (Å²) in [6.07, 6.45) is 2.99. The Balaban J connectivity index is 2.27. The van der Waals surface area contributed by atoms with Crippen molar-refractivity contribution in [1.82, 2.24) is 9.71 Å². The van der Waals surface area contributed by atoms with Gasteiger partial charge in [0.05, 0.1) is 12.1 Å². The van der Waals surface area contributed by atoms with Gasteiger partial charge in [-0.05, 0) is 38.5 Å². The van der Waals surface area contributed by atoms with E-state index in [-0.39, 0.29) is 10.8 Å². The predicted octanol–water partition coefficient (Wildman–Crippen LogP) is 0.964. The zero-order valence-electron chi connectivity index (χ0n) is 11.6. The standard InChI is InChI=1S/C12H20N2O4S2/c1-8-3-5-12(7-15,6-4-8)14-20(17,18)10-9(2)13-11(16)19-10/h8,14-15H,3-7H2,1-2H3,(H,13,16). The van der Waals surface area contributed by atoms with E-state index < -0.39 is 20.4 Å². The molecule has 0 radical (unpaired) electrons. The van der Waals surface area contributed by atoms with E-state index >= 15 is 0 Å². The Labute approximate surface area is 122 Å². The highest BCUT2D eigenvalue weighted by Crippen LogP contribution is 2.33. The molecule has 1 aromatic heterocycles. The van der Waals surface area contributed by atoms with E-state index in [4.69, 9.17) is 0 Å². The van der Waals surface area contributed by atoms with Gasteiger partial charge in [0.25, 0.3) is 10.0 Å². The lowest BCUT2D eigenvalue weighted by Crippen LogP contribution is -2.53. The Morgan fingerprint density at radius 1 is 1.45 bits per heavy atom. The van der Waals surface area contributed by atoms with Crippen molar-refractivity contribution in [3.8, 4) is 0 Å². The number of rotatable bonds is 4. The van der Waals surface area contributed by atoms with Crippen LogP contribution in [0.1, 0.15) is 38.3 Å². The molecule has 0 aliphatic heterocycles. The van der Waals surface area contributed by atoms with E-state index in [2.05, 4.69) is 16.6 Å². The van der Waals surface area contributed by atoms with Crippen LogP contribution in [0.15, 0.2) is 9.00 Å². The van der Waals surface area contributed by atoms with Crippen LogP contribution in [-0.2, 0) is 10.0 Å². The number of thiazole rings is 1. The third-order valence-electron chi connectivity index (χ3n) is 3.91. The minimum Gasteiger partial charge on any atom is -0.394 e. The van der Waals surface area contributed by atoms with Crippen LogP contribution in [0.4, 0.5) is 0 Å². The van der Waals surface area contributed by atoms with Crippen LogP contribution >= 0.6 is 11.3 Å². The van der Waals surface area contributed by atoms with Gasteiger partial charge in [-0.25, -0.2) is 13.1 Å². The molecule has 1 fully saturated rings. The molecule has 8 heteroatoms. The second-order valence-electron chi connectivity index (χ2n) is 5.65. The van der Waals surface area contributed by atoms with Crippen LogP contribution in [0.25, 0.3) is 0 Å². The van der Waals surface area contributed by atoms with Gasteiger partial charge >= 0.3 is 4.87 Å². The summed E-state index contributed by atoms with van der Waals surface area (Å²) < 4.78 is 27.5.